The molecule has 1 N–H and O–H groups in total. The van der Waals surface area contributed by atoms with Crippen LogP contribution in [-0.4, -0.2) is 32.0 Å². The maximum absolute atomic E-state index is 9.32. The first-order valence-electron chi connectivity index (χ1n) is 5.80. The second kappa shape index (κ2) is 4.90. The monoisotopic (exact) mass is 226 g/mol. The van der Waals surface area contributed by atoms with Gasteiger partial charge in [-0.25, -0.2) is 0 Å². The SMILES string of the molecule is CC1(C)COB(/C=C(\CO)C(C)(C)C)OC1. The highest BCUT2D eigenvalue weighted by Gasteiger charge is 2.32. The Balaban J connectivity index is 2.63. The summed E-state index contributed by atoms with van der Waals surface area (Å²) in [7, 11) is -0.311. The molecule has 0 bridgehead atoms. The van der Waals surface area contributed by atoms with E-state index in [1.165, 1.54) is 0 Å². The molecule has 0 aromatic heterocycles. The van der Waals surface area contributed by atoms with E-state index in [2.05, 4.69) is 34.6 Å². The Kier molecular flexibility index (Phi) is 4.21. The Morgan fingerprint density at radius 2 is 1.81 bits per heavy atom. The third-order valence-electron chi connectivity index (χ3n) is 2.75. The number of rotatable bonds is 2. The third kappa shape index (κ3) is 3.93. The molecule has 3 nitrogen and oxygen atoms in total. The molecule has 92 valence electrons. The summed E-state index contributed by atoms with van der Waals surface area (Å²) in [6.07, 6.45) is 0. The molecule has 1 heterocycles. The number of aliphatic hydroxyl groups excluding tert-OH is 1. The van der Waals surface area contributed by atoms with Crippen molar-refractivity contribution < 1.29 is 14.4 Å². The lowest BCUT2D eigenvalue weighted by molar-refractivity contribution is 0.0333. The zero-order valence-electron chi connectivity index (χ0n) is 11.0. The van der Waals surface area contributed by atoms with Crippen molar-refractivity contribution in [3.63, 3.8) is 0 Å². The molecule has 0 aromatic carbocycles. The molecule has 16 heavy (non-hydrogen) atoms. The van der Waals surface area contributed by atoms with Gasteiger partial charge in [-0.2, -0.15) is 0 Å². The van der Waals surface area contributed by atoms with Crippen LogP contribution in [0.4, 0.5) is 0 Å². The van der Waals surface area contributed by atoms with Crippen LogP contribution in [0, 0.1) is 10.8 Å². The number of hydrogen-bond donors (Lipinski definition) is 1. The van der Waals surface area contributed by atoms with Gasteiger partial charge in [0.25, 0.3) is 0 Å². The average molecular weight is 226 g/mol. The normalized spacial score (nSPS) is 22.4. The Morgan fingerprint density at radius 1 is 1.31 bits per heavy atom. The quantitative estimate of drug-likeness (QED) is 0.732. The van der Waals surface area contributed by atoms with Gasteiger partial charge >= 0.3 is 7.12 Å². The van der Waals surface area contributed by atoms with Crippen molar-refractivity contribution in [2.75, 3.05) is 19.8 Å². The van der Waals surface area contributed by atoms with E-state index in [-0.39, 0.29) is 24.6 Å². The van der Waals surface area contributed by atoms with Gasteiger partial charge in [0, 0.05) is 18.6 Å². The first-order chi connectivity index (χ1) is 7.24. The van der Waals surface area contributed by atoms with E-state index >= 15 is 0 Å². The van der Waals surface area contributed by atoms with E-state index in [1.54, 1.807) is 0 Å². The molecule has 1 saturated heterocycles. The summed E-state index contributed by atoms with van der Waals surface area (Å²) >= 11 is 0. The minimum Gasteiger partial charge on any atom is -0.407 e. The fraction of sp³-hybridized carbons (Fsp3) is 0.833. The van der Waals surface area contributed by atoms with Crippen LogP contribution in [0.2, 0.25) is 0 Å². The zero-order valence-corrected chi connectivity index (χ0v) is 11.0. The van der Waals surface area contributed by atoms with Gasteiger partial charge in [0.05, 0.1) is 6.61 Å². The molecule has 0 atom stereocenters. The summed E-state index contributed by atoms with van der Waals surface area (Å²) < 4.78 is 11.2. The predicted octanol–water partition coefficient (Wildman–Crippen LogP) is 2.05. The summed E-state index contributed by atoms with van der Waals surface area (Å²) in [6.45, 7) is 11.9. The molecular formula is C12H23BO3. The predicted molar refractivity (Wildman–Crippen MR) is 66.1 cm³/mol. The second-order valence-electron chi connectivity index (χ2n) is 6.25. The number of aliphatic hydroxyl groups is 1. The molecule has 1 rings (SSSR count). The molecular weight excluding hydrogens is 203 g/mol. The molecule has 0 unspecified atom stereocenters. The fourth-order valence-electron chi connectivity index (χ4n) is 1.51. The summed E-state index contributed by atoms with van der Waals surface area (Å²) in [5.41, 5.74) is 0.997. The van der Waals surface area contributed by atoms with Gasteiger partial charge in [-0.05, 0) is 11.0 Å². The van der Waals surface area contributed by atoms with Crippen molar-refractivity contribution in [3.05, 3.63) is 11.5 Å². The topological polar surface area (TPSA) is 38.7 Å². The highest BCUT2D eigenvalue weighted by atomic mass is 16.6. The van der Waals surface area contributed by atoms with Crippen molar-refractivity contribution in [1.82, 2.24) is 0 Å². The van der Waals surface area contributed by atoms with E-state index < -0.39 is 0 Å². The lowest BCUT2D eigenvalue weighted by atomic mass is 9.76. The largest absolute Gasteiger partial charge is 0.486 e. The van der Waals surface area contributed by atoms with Gasteiger partial charge in [-0.15, -0.1) is 0 Å². The molecule has 0 radical (unpaired) electrons. The van der Waals surface area contributed by atoms with Crippen LogP contribution in [0.15, 0.2) is 11.5 Å². The smallest absolute Gasteiger partial charge is 0.407 e. The lowest BCUT2D eigenvalue weighted by Crippen LogP contribution is -2.40. The van der Waals surface area contributed by atoms with Crippen LogP contribution in [-0.2, 0) is 9.31 Å². The molecule has 1 aliphatic heterocycles. The van der Waals surface area contributed by atoms with Crippen molar-refractivity contribution in [1.29, 1.82) is 0 Å². The van der Waals surface area contributed by atoms with Crippen LogP contribution < -0.4 is 0 Å². The van der Waals surface area contributed by atoms with Crippen LogP contribution >= 0.6 is 0 Å². The van der Waals surface area contributed by atoms with Crippen molar-refractivity contribution in [2.24, 2.45) is 10.8 Å². The Hall–Kier alpha value is -0.315. The maximum atomic E-state index is 9.32. The minimum absolute atomic E-state index is 0.0472. The second-order valence-corrected chi connectivity index (χ2v) is 6.25. The molecule has 0 aliphatic carbocycles. The van der Waals surface area contributed by atoms with E-state index in [4.69, 9.17) is 9.31 Å². The minimum atomic E-state index is -0.311. The van der Waals surface area contributed by atoms with Crippen molar-refractivity contribution in [3.8, 4) is 0 Å². The lowest BCUT2D eigenvalue weighted by Gasteiger charge is -2.33. The fourth-order valence-corrected chi connectivity index (χ4v) is 1.51. The Labute approximate surface area is 99.0 Å². The van der Waals surface area contributed by atoms with Gasteiger partial charge in [-0.1, -0.05) is 40.6 Å². The summed E-state index contributed by atoms with van der Waals surface area (Å²) in [6, 6.07) is 0. The third-order valence-corrected chi connectivity index (χ3v) is 2.75. The molecule has 0 amide bonds. The van der Waals surface area contributed by atoms with Gasteiger partial charge in [0.1, 0.15) is 0 Å². The molecule has 1 fully saturated rings. The number of hydrogen-bond acceptors (Lipinski definition) is 3. The highest BCUT2D eigenvalue weighted by Crippen LogP contribution is 2.27. The molecule has 1 aliphatic rings. The van der Waals surface area contributed by atoms with Gasteiger partial charge in [0.2, 0.25) is 0 Å². The first kappa shape index (κ1) is 13.7. The van der Waals surface area contributed by atoms with E-state index in [0.29, 0.717) is 13.2 Å². The molecule has 0 saturated carbocycles. The van der Waals surface area contributed by atoms with E-state index in [9.17, 15) is 5.11 Å². The molecule has 4 heteroatoms. The van der Waals surface area contributed by atoms with Crippen molar-refractivity contribution in [2.45, 2.75) is 34.6 Å². The van der Waals surface area contributed by atoms with Crippen LogP contribution in [0.25, 0.3) is 0 Å². The van der Waals surface area contributed by atoms with Gasteiger partial charge < -0.3 is 14.4 Å². The summed E-state index contributed by atoms with van der Waals surface area (Å²) in [5, 5.41) is 9.32. The van der Waals surface area contributed by atoms with E-state index in [1.807, 2.05) is 5.98 Å². The molecule has 0 spiro atoms. The highest BCUT2D eigenvalue weighted by molar-refractivity contribution is 6.51. The Morgan fingerprint density at radius 3 is 2.19 bits per heavy atom. The summed E-state index contributed by atoms with van der Waals surface area (Å²) in [5.74, 6) is 1.90. The maximum Gasteiger partial charge on any atom is 0.486 e. The van der Waals surface area contributed by atoms with Gasteiger partial charge in [-0.3, -0.25) is 0 Å². The Bertz CT molecular complexity index is 256. The van der Waals surface area contributed by atoms with E-state index in [0.717, 1.165) is 5.57 Å². The van der Waals surface area contributed by atoms with Crippen molar-refractivity contribution >= 4 is 7.12 Å². The van der Waals surface area contributed by atoms with Gasteiger partial charge in [0.15, 0.2) is 0 Å². The van der Waals surface area contributed by atoms with Crippen LogP contribution in [0.5, 0.6) is 0 Å². The van der Waals surface area contributed by atoms with Crippen LogP contribution in [0.3, 0.4) is 0 Å². The first-order valence-corrected chi connectivity index (χ1v) is 5.80. The molecule has 0 aromatic rings. The standard InChI is InChI=1S/C12H23BO3/c1-11(2,3)10(7-14)6-13-15-8-12(4,5)9-16-13/h6,14H,7-9H2,1-5H3/b10-6+. The van der Waals surface area contributed by atoms with Crippen LogP contribution in [0.1, 0.15) is 34.6 Å². The summed E-state index contributed by atoms with van der Waals surface area (Å²) in [4.78, 5) is 0. The average Bonchev–Trinajstić information content (AvgIpc) is 2.14. The zero-order chi connectivity index (χ0) is 12.4.